The molecule has 7 heteroatoms. The Kier molecular flexibility index (Phi) is 5.67. The Morgan fingerprint density at radius 3 is 2.77 bits per heavy atom. The number of ether oxygens (including phenoxy) is 2. The molecule has 140 valence electrons. The average Bonchev–Trinajstić information content (AvgIpc) is 3.05. The molecule has 2 aromatic rings. The monoisotopic (exact) mass is 421 g/mol. The highest BCUT2D eigenvalue weighted by Crippen LogP contribution is 2.38. The van der Waals surface area contributed by atoms with Gasteiger partial charge in [0.15, 0.2) is 0 Å². The maximum Gasteiger partial charge on any atom is 0.294 e. The molecule has 6 nitrogen and oxygen atoms in total. The van der Waals surface area contributed by atoms with Gasteiger partial charge in [-0.05, 0) is 59.0 Å². The van der Waals surface area contributed by atoms with Gasteiger partial charge in [-0.3, -0.25) is 4.79 Å². The Morgan fingerprint density at radius 1 is 1.35 bits per heavy atom. The van der Waals surface area contributed by atoms with Gasteiger partial charge in [0.25, 0.3) is 5.56 Å². The van der Waals surface area contributed by atoms with Gasteiger partial charge in [-0.1, -0.05) is 6.92 Å². The minimum Gasteiger partial charge on any atom is -0.497 e. The van der Waals surface area contributed by atoms with E-state index in [9.17, 15) is 4.79 Å². The van der Waals surface area contributed by atoms with Gasteiger partial charge in [0.1, 0.15) is 10.4 Å². The summed E-state index contributed by atoms with van der Waals surface area (Å²) in [5.41, 5.74) is 3.21. The molecule has 26 heavy (non-hydrogen) atoms. The van der Waals surface area contributed by atoms with Crippen LogP contribution in [-0.2, 0) is 11.2 Å². The summed E-state index contributed by atoms with van der Waals surface area (Å²) < 4.78 is 13.0. The third-order valence-electron chi connectivity index (χ3n) is 4.83. The summed E-state index contributed by atoms with van der Waals surface area (Å²) in [6.45, 7) is 5.30. The third-order valence-corrected chi connectivity index (χ3v) is 5.21. The predicted molar refractivity (Wildman–Crippen MR) is 106 cm³/mol. The normalized spacial score (nSPS) is 14.4. The molecule has 0 bridgehead atoms. The van der Waals surface area contributed by atoms with Crippen molar-refractivity contribution in [1.82, 2.24) is 9.55 Å². The lowest BCUT2D eigenvalue weighted by Gasteiger charge is -2.23. The van der Waals surface area contributed by atoms with Crippen LogP contribution in [0, 0.1) is 6.92 Å². The molecule has 0 saturated heterocycles. The highest BCUT2D eigenvalue weighted by atomic mass is 79.9. The van der Waals surface area contributed by atoms with Gasteiger partial charge < -0.3 is 18.9 Å². The molecule has 1 atom stereocenters. The summed E-state index contributed by atoms with van der Waals surface area (Å²) in [4.78, 5) is 19.7. The van der Waals surface area contributed by atoms with Crippen molar-refractivity contribution in [3.05, 3.63) is 44.4 Å². The molecule has 0 aliphatic carbocycles. The molecule has 0 amide bonds. The van der Waals surface area contributed by atoms with Crippen LogP contribution in [0.4, 0.5) is 11.5 Å². The molecule has 1 aromatic carbocycles. The SMILES string of the molecule is CC[C@H](COC)n1cc(Br)nc(N2CCc3cc(OC)cc(C)c32)c1=O. The van der Waals surface area contributed by atoms with Crippen molar-refractivity contribution in [1.29, 1.82) is 0 Å². The zero-order valence-electron chi connectivity index (χ0n) is 15.6. The fraction of sp³-hybridized carbons (Fsp3) is 0.474. The van der Waals surface area contributed by atoms with E-state index in [4.69, 9.17) is 9.47 Å². The van der Waals surface area contributed by atoms with Gasteiger partial charge in [-0.25, -0.2) is 4.98 Å². The van der Waals surface area contributed by atoms with Crippen molar-refractivity contribution in [2.24, 2.45) is 0 Å². The van der Waals surface area contributed by atoms with Crippen LogP contribution >= 0.6 is 15.9 Å². The second-order valence-corrected chi connectivity index (χ2v) is 7.28. The van der Waals surface area contributed by atoms with E-state index in [1.165, 1.54) is 5.56 Å². The molecule has 1 aliphatic heterocycles. The number of anilines is 2. The fourth-order valence-corrected chi connectivity index (χ4v) is 3.96. The molecule has 1 aliphatic rings. The van der Waals surface area contributed by atoms with E-state index < -0.39 is 0 Å². The second kappa shape index (κ2) is 7.80. The zero-order valence-corrected chi connectivity index (χ0v) is 17.2. The number of hydrogen-bond acceptors (Lipinski definition) is 5. The van der Waals surface area contributed by atoms with Crippen LogP contribution in [-0.4, -0.2) is 36.9 Å². The number of hydrogen-bond donors (Lipinski definition) is 0. The molecular weight excluding hydrogens is 398 g/mol. The minimum absolute atomic E-state index is 0.0235. The fourth-order valence-electron chi connectivity index (χ4n) is 3.57. The highest BCUT2D eigenvalue weighted by Gasteiger charge is 2.28. The summed E-state index contributed by atoms with van der Waals surface area (Å²) in [5, 5.41) is 0. The number of nitrogens with zero attached hydrogens (tertiary/aromatic N) is 3. The number of fused-ring (bicyclic) bond motifs is 1. The number of benzene rings is 1. The molecule has 0 fully saturated rings. The van der Waals surface area contributed by atoms with Crippen molar-refractivity contribution >= 4 is 27.4 Å². The van der Waals surface area contributed by atoms with E-state index in [2.05, 4.69) is 20.9 Å². The van der Waals surface area contributed by atoms with Crippen LogP contribution in [0.5, 0.6) is 5.75 Å². The molecule has 0 unspecified atom stereocenters. The van der Waals surface area contributed by atoms with Crippen LogP contribution in [0.25, 0.3) is 0 Å². The summed E-state index contributed by atoms with van der Waals surface area (Å²) >= 11 is 3.47. The molecular formula is C19H24BrN3O3. The summed E-state index contributed by atoms with van der Waals surface area (Å²) in [6, 6.07) is 4.01. The maximum absolute atomic E-state index is 13.2. The molecule has 0 spiro atoms. The Balaban J connectivity index is 2.10. The first-order chi connectivity index (χ1) is 12.5. The first-order valence-corrected chi connectivity index (χ1v) is 9.52. The van der Waals surface area contributed by atoms with Crippen LogP contribution in [0.15, 0.2) is 27.7 Å². The smallest absolute Gasteiger partial charge is 0.294 e. The Morgan fingerprint density at radius 2 is 2.12 bits per heavy atom. The van der Waals surface area contributed by atoms with E-state index in [-0.39, 0.29) is 11.6 Å². The summed E-state index contributed by atoms with van der Waals surface area (Å²) in [6.07, 6.45) is 3.41. The van der Waals surface area contributed by atoms with E-state index in [1.54, 1.807) is 25.0 Å². The Hall–Kier alpha value is -1.86. The molecule has 0 radical (unpaired) electrons. The highest BCUT2D eigenvalue weighted by molar-refractivity contribution is 9.10. The average molecular weight is 422 g/mol. The van der Waals surface area contributed by atoms with Crippen LogP contribution < -0.4 is 15.2 Å². The summed E-state index contributed by atoms with van der Waals surface area (Å²) in [7, 11) is 3.32. The number of rotatable bonds is 6. The van der Waals surface area contributed by atoms with E-state index in [0.29, 0.717) is 17.0 Å². The molecule has 2 heterocycles. The van der Waals surface area contributed by atoms with Crippen molar-refractivity contribution in [3.63, 3.8) is 0 Å². The van der Waals surface area contributed by atoms with Gasteiger partial charge in [0.2, 0.25) is 5.82 Å². The van der Waals surface area contributed by atoms with Crippen LogP contribution in [0.2, 0.25) is 0 Å². The third kappa shape index (κ3) is 3.38. The van der Waals surface area contributed by atoms with E-state index in [1.807, 2.05) is 30.9 Å². The lowest BCUT2D eigenvalue weighted by atomic mass is 10.1. The number of aryl methyl sites for hydroxylation is 1. The molecule has 1 aromatic heterocycles. The quantitative estimate of drug-likeness (QED) is 0.712. The van der Waals surface area contributed by atoms with Gasteiger partial charge in [0.05, 0.1) is 19.8 Å². The van der Waals surface area contributed by atoms with Crippen LogP contribution in [0.3, 0.4) is 0 Å². The summed E-state index contributed by atoms with van der Waals surface area (Å²) in [5.74, 6) is 1.29. The maximum atomic E-state index is 13.2. The number of aromatic nitrogens is 2. The van der Waals surface area contributed by atoms with Gasteiger partial charge in [-0.2, -0.15) is 0 Å². The second-order valence-electron chi connectivity index (χ2n) is 6.47. The Bertz CT molecular complexity index is 866. The van der Waals surface area contributed by atoms with Gasteiger partial charge in [0, 0.05) is 25.5 Å². The van der Waals surface area contributed by atoms with Crippen molar-refractivity contribution in [2.75, 3.05) is 32.3 Å². The lowest BCUT2D eigenvalue weighted by Crippen LogP contribution is -2.33. The Labute approximate surface area is 161 Å². The standard InChI is InChI=1S/C19H24BrN3O3/c1-5-14(11-25-3)23-10-16(20)21-18(19(23)24)22-7-6-13-9-15(26-4)8-12(2)17(13)22/h8-10,14H,5-7,11H2,1-4H3/t14-/m1/s1. The molecule has 3 rings (SSSR count). The van der Waals surface area contributed by atoms with Crippen molar-refractivity contribution in [3.8, 4) is 5.75 Å². The minimum atomic E-state index is -0.0971. The first kappa shape index (κ1) is 18.9. The van der Waals surface area contributed by atoms with E-state index >= 15 is 0 Å². The van der Waals surface area contributed by atoms with Gasteiger partial charge >= 0.3 is 0 Å². The van der Waals surface area contributed by atoms with Gasteiger partial charge in [-0.15, -0.1) is 0 Å². The first-order valence-electron chi connectivity index (χ1n) is 8.72. The molecule has 0 N–H and O–H groups in total. The van der Waals surface area contributed by atoms with Crippen LogP contribution in [0.1, 0.15) is 30.5 Å². The zero-order chi connectivity index (χ0) is 18.8. The number of methoxy groups -OCH3 is 2. The van der Waals surface area contributed by atoms with Crippen molar-refractivity contribution in [2.45, 2.75) is 32.7 Å². The largest absolute Gasteiger partial charge is 0.497 e. The van der Waals surface area contributed by atoms with E-state index in [0.717, 1.165) is 36.4 Å². The topological polar surface area (TPSA) is 56.6 Å². The lowest BCUT2D eigenvalue weighted by molar-refractivity contribution is 0.151. The molecule has 0 saturated carbocycles. The van der Waals surface area contributed by atoms with Crippen molar-refractivity contribution < 1.29 is 9.47 Å². The predicted octanol–water partition coefficient (Wildman–Crippen LogP) is 3.61. The number of halogens is 1.